The Balaban J connectivity index is 4.39. The van der Waals surface area contributed by atoms with E-state index >= 15 is 0 Å². The van der Waals surface area contributed by atoms with E-state index in [4.69, 9.17) is 4.74 Å². The Morgan fingerprint density at radius 1 is 0.613 bits per heavy atom. The van der Waals surface area contributed by atoms with Gasteiger partial charge < -0.3 is 24.4 Å². The van der Waals surface area contributed by atoms with Gasteiger partial charge >= 0.3 is 24.2 Å². The van der Waals surface area contributed by atoms with Gasteiger partial charge in [0.1, 0.15) is 13.2 Å². The van der Waals surface area contributed by atoms with Crippen LogP contribution in [0.3, 0.4) is 0 Å². The maximum absolute atomic E-state index is 12.8. The molecule has 2 N–H and O–H groups in total. The second-order valence-corrected chi connectivity index (χ2v) is 7.66. The number of alkyl halides is 10. The first kappa shape index (κ1) is 30.1. The maximum Gasteiger partial charge on any atom is 0.455 e. The third-order valence-electron chi connectivity index (χ3n) is 3.88. The van der Waals surface area contributed by atoms with Gasteiger partial charge in [0, 0.05) is 18.4 Å². The van der Waals surface area contributed by atoms with Gasteiger partial charge in [-0.2, -0.15) is 43.9 Å². The van der Waals surface area contributed by atoms with E-state index in [0.29, 0.717) is 0 Å². The second kappa shape index (κ2) is 10.8. The molecule has 0 fully saturated rings. The van der Waals surface area contributed by atoms with Gasteiger partial charge in [-0.05, 0) is 6.92 Å². The Hall–Kier alpha value is -0.900. The van der Waals surface area contributed by atoms with Gasteiger partial charge in [-0.25, -0.2) is 0 Å². The molecular formula is C16H24F10O5. The van der Waals surface area contributed by atoms with Crippen LogP contribution in [0.15, 0.2) is 0 Å². The van der Waals surface area contributed by atoms with Crippen LogP contribution in [0.25, 0.3) is 0 Å². The molecule has 5 nitrogen and oxygen atoms in total. The lowest BCUT2D eigenvalue weighted by Crippen LogP contribution is -2.43. The molecular weight excluding hydrogens is 462 g/mol. The van der Waals surface area contributed by atoms with Crippen LogP contribution in [0.4, 0.5) is 43.9 Å². The van der Waals surface area contributed by atoms with E-state index in [0.717, 1.165) is 6.92 Å². The molecule has 0 heterocycles. The highest BCUT2D eigenvalue weighted by atomic mass is 19.4. The average Bonchev–Trinajstić information content (AvgIpc) is 2.56. The number of halogens is 10. The molecule has 0 aromatic carbocycles. The summed E-state index contributed by atoms with van der Waals surface area (Å²) in [5, 5.41) is 19.2. The molecule has 15 heteroatoms. The lowest BCUT2D eigenvalue weighted by Gasteiger charge is -2.29. The Morgan fingerprint density at radius 3 is 1.39 bits per heavy atom. The number of hydrogen-bond donors (Lipinski definition) is 2. The summed E-state index contributed by atoms with van der Waals surface area (Å²) in [5.74, 6) is -10.2. The van der Waals surface area contributed by atoms with Crippen molar-refractivity contribution in [2.45, 2.75) is 50.1 Å². The number of aliphatic hydroxyl groups excluding tert-OH is 1. The van der Waals surface area contributed by atoms with Crippen molar-refractivity contribution in [1.82, 2.24) is 0 Å². The molecule has 0 saturated carbocycles. The smallest absolute Gasteiger partial charge is 0.396 e. The Labute approximate surface area is 171 Å². The van der Waals surface area contributed by atoms with Crippen molar-refractivity contribution in [3.05, 3.63) is 0 Å². The minimum absolute atomic E-state index is 0.320. The van der Waals surface area contributed by atoms with Crippen LogP contribution in [0, 0.1) is 5.41 Å². The number of aliphatic hydroxyl groups is 2. The number of ether oxygens (including phenoxy) is 3. The summed E-state index contributed by atoms with van der Waals surface area (Å²) in [4.78, 5) is 0. The van der Waals surface area contributed by atoms with Crippen molar-refractivity contribution in [3.63, 3.8) is 0 Å². The fourth-order valence-corrected chi connectivity index (χ4v) is 1.80. The van der Waals surface area contributed by atoms with E-state index in [-0.39, 0.29) is 13.0 Å². The summed E-state index contributed by atoms with van der Waals surface area (Å²) < 4.78 is 137. The fourth-order valence-electron chi connectivity index (χ4n) is 1.80. The number of hydrogen-bond acceptors (Lipinski definition) is 5. The summed E-state index contributed by atoms with van der Waals surface area (Å²) >= 11 is 0. The highest BCUT2D eigenvalue weighted by Gasteiger charge is 2.58. The predicted molar refractivity (Wildman–Crippen MR) is 84.9 cm³/mol. The average molecular weight is 486 g/mol. The number of rotatable bonds is 14. The zero-order valence-corrected chi connectivity index (χ0v) is 16.6. The molecule has 0 aromatic rings. The first-order valence-corrected chi connectivity index (χ1v) is 8.64. The zero-order valence-electron chi connectivity index (χ0n) is 16.6. The van der Waals surface area contributed by atoms with Crippen molar-refractivity contribution in [2.24, 2.45) is 5.41 Å². The maximum atomic E-state index is 12.8. The van der Waals surface area contributed by atoms with Crippen molar-refractivity contribution in [2.75, 3.05) is 46.2 Å². The largest absolute Gasteiger partial charge is 0.455 e. The summed E-state index contributed by atoms with van der Waals surface area (Å²) in [7, 11) is 0. The summed E-state index contributed by atoms with van der Waals surface area (Å²) in [5.41, 5.74) is -3.26. The quantitative estimate of drug-likeness (QED) is 0.290. The Bertz CT molecular complexity index is 536. The van der Waals surface area contributed by atoms with Gasteiger partial charge in [-0.15, -0.1) is 0 Å². The predicted octanol–water partition coefficient (Wildman–Crippen LogP) is 3.57. The highest BCUT2D eigenvalue weighted by Crippen LogP contribution is 2.36. The van der Waals surface area contributed by atoms with Crippen molar-refractivity contribution in [3.8, 4) is 0 Å². The minimum atomic E-state index is -5.82. The van der Waals surface area contributed by atoms with Crippen LogP contribution >= 0.6 is 0 Å². The Morgan fingerprint density at radius 2 is 1.00 bits per heavy atom. The second-order valence-electron chi connectivity index (χ2n) is 7.66. The summed E-state index contributed by atoms with van der Waals surface area (Å²) in [6.45, 7) is -4.76. The SMILES string of the molecule is CC(O)(CCOCC(C)(CO)COCC(F)(F)C(F)(F)F)COCC(F)(F)C(F)(F)F. The van der Waals surface area contributed by atoms with Crippen LogP contribution in [0.2, 0.25) is 0 Å². The lowest BCUT2D eigenvalue weighted by atomic mass is 9.94. The van der Waals surface area contributed by atoms with E-state index in [1.54, 1.807) is 0 Å². The molecule has 0 bridgehead atoms. The van der Waals surface area contributed by atoms with Crippen molar-refractivity contribution < 1.29 is 68.3 Å². The van der Waals surface area contributed by atoms with Crippen LogP contribution in [-0.4, -0.2) is 86.3 Å². The topological polar surface area (TPSA) is 68.2 Å². The van der Waals surface area contributed by atoms with E-state index in [9.17, 15) is 54.1 Å². The molecule has 0 spiro atoms. The summed E-state index contributed by atoms with van der Waals surface area (Å²) in [6.07, 6.45) is -11.9. The third-order valence-corrected chi connectivity index (χ3v) is 3.88. The van der Waals surface area contributed by atoms with Gasteiger partial charge in [-0.1, -0.05) is 6.92 Å². The van der Waals surface area contributed by atoms with E-state index in [1.807, 2.05) is 0 Å². The van der Waals surface area contributed by atoms with Gasteiger partial charge in [0.05, 0.1) is 32.0 Å². The fraction of sp³-hybridized carbons (Fsp3) is 1.00. The van der Waals surface area contributed by atoms with E-state index < -0.39 is 74.9 Å². The molecule has 0 amide bonds. The minimum Gasteiger partial charge on any atom is -0.396 e. The molecule has 31 heavy (non-hydrogen) atoms. The molecule has 0 aromatic heterocycles. The molecule has 0 radical (unpaired) electrons. The normalized spacial score (nSPS) is 18.0. The van der Waals surface area contributed by atoms with E-state index in [1.165, 1.54) is 6.92 Å². The molecule has 188 valence electrons. The standard InChI is InChI=1S/C16H24F10O5/c1-11(5-27,7-30-9-13(17,18)15(21,22)23)6-29-4-3-12(2,28)8-31-10-14(19,20)16(24,25)26/h27-28H,3-10H2,1-2H3. The van der Waals surface area contributed by atoms with Gasteiger partial charge in [0.25, 0.3) is 0 Å². The Kier molecular flexibility index (Phi) is 10.5. The molecule has 0 saturated heterocycles. The third kappa shape index (κ3) is 10.5. The summed E-state index contributed by atoms with van der Waals surface area (Å²) in [6, 6.07) is 0. The molecule has 0 aliphatic carbocycles. The van der Waals surface area contributed by atoms with Crippen LogP contribution in [0.5, 0.6) is 0 Å². The molecule has 0 aliphatic rings. The monoisotopic (exact) mass is 486 g/mol. The van der Waals surface area contributed by atoms with Crippen LogP contribution < -0.4 is 0 Å². The van der Waals surface area contributed by atoms with Crippen LogP contribution in [-0.2, 0) is 14.2 Å². The van der Waals surface area contributed by atoms with Gasteiger partial charge in [0.15, 0.2) is 0 Å². The zero-order chi connectivity index (χ0) is 24.8. The van der Waals surface area contributed by atoms with Crippen molar-refractivity contribution >= 4 is 0 Å². The first-order valence-electron chi connectivity index (χ1n) is 8.64. The van der Waals surface area contributed by atoms with Crippen LogP contribution in [0.1, 0.15) is 20.3 Å². The van der Waals surface area contributed by atoms with Crippen molar-refractivity contribution in [1.29, 1.82) is 0 Å². The first-order chi connectivity index (χ1) is 13.7. The molecule has 0 aliphatic heterocycles. The van der Waals surface area contributed by atoms with Gasteiger partial charge in [-0.3, -0.25) is 0 Å². The molecule has 2 atom stereocenters. The van der Waals surface area contributed by atoms with E-state index in [2.05, 4.69) is 9.47 Å². The lowest BCUT2D eigenvalue weighted by molar-refractivity contribution is -0.299. The highest BCUT2D eigenvalue weighted by molar-refractivity contribution is 4.79. The molecule has 2 unspecified atom stereocenters. The molecule has 0 rings (SSSR count). The van der Waals surface area contributed by atoms with Gasteiger partial charge in [0.2, 0.25) is 0 Å².